The summed E-state index contributed by atoms with van der Waals surface area (Å²) in [6.07, 6.45) is 0.571. The van der Waals surface area contributed by atoms with Gasteiger partial charge in [-0.2, -0.15) is 8.42 Å². The highest BCUT2D eigenvalue weighted by Crippen LogP contribution is 2.34. The molecule has 1 N–H and O–H groups in total. The first-order valence-corrected chi connectivity index (χ1v) is 11.8. The first-order chi connectivity index (χ1) is 16.5. The first kappa shape index (κ1) is 25.9. The zero-order valence-electron chi connectivity index (χ0n) is 18.7. The Morgan fingerprint density at radius 3 is 2.43 bits per heavy atom. The number of hydrogen-bond acceptors (Lipinski definition) is 10. The Kier molecular flexibility index (Phi) is 7.90. The molecule has 0 saturated carbocycles. The van der Waals surface area contributed by atoms with Crippen molar-refractivity contribution in [3.8, 4) is 12.3 Å². The maximum atomic E-state index is 12.9. The second kappa shape index (κ2) is 10.7. The number of ether oxygens (including phenoxy) is 3. The van der Waals surface area contributed by atoms with E-state index in [1.165, 1.54) is 0 Å². The van der Waals surface area contributed by atoms with Gasteiger partial charge in [0.25, 0.3) is 15.7 Å². The quantitative estimate of drug-likeness (QED) is 0.289. The van der Waals surface area contributed by atoms with Gasteiger partial charge in [-0.05, 0) is 5.56 Å². The van der Waals surface area contributed by atoms with Gasteiger partial charge in [-0.25, -0.2) is 4.79 Å². The van der Waals surface area contributed by atoms with Crippen LogP contribution in [0.1, 0.15) is 31.2 Å². The minimum atomic E-state index is -4.28. The molecule has 1 aliphatic heterocycles. The van der Waals surface area contributed by atoms with Crippen LogP contribution in [0.25, 0.3) is 0 Å². The zero-order valence-corrected chi connectivity index (χ0v) is 19.5. The van der Waals surface area contributed by atoms with Crippen LogP contribution in [0.5, 0.6) is 0 Å². The van der Waals surface area contributed by atoms with E-state index in [-0.39, 0.29) is 5.56 Å². The fourth-order valence-corrected chi connectivity index (χ4v) is 4.70. The maximum Gasteiger partial charge on any atom is 0.330 e. The molecule has 4 atom stereocenters. The molecule has 0 radical (unpaired) electrons. The molecule has 0 spiro atoms. The fraction of sp³-hybridized carbons (Fsp3) is 0.364. The van der Waals surface area contributed by atoms with E-state index in [0.29, 0.717) is 5.56 Å². The molecule has 3 rings (SSSR count). The van der Waals surface area contributed by atoms with Crippen molar-refractivity contribution >= 4 is 22.1 Å². The lowest BCUT2D eigenvalue weighted by molar-refractivity contribution is -0.155. The summed E-state index contributed by atoms with van der Waals surface area (Å²) in [4.78, 5) is 49.6. The Hall–Kier alpha value is -3.73. The minimum absolute atomic E-state index is 0.229. The van der Waals surface area contributed by atoms with E-state index >= 15 is 0 Å². The van der Waals surface area contributed by atoms with Crippen molar-refractivity contribution in [1.29, 1.82) is 0 Å². The van der Waals surface area contributed by atoms with Crippen molar-refractivity contribution in [2.24, 2.45) is 0 Å². The van der Waals surface area contributed by atoms with Crippen molar-refractivity contribution < 1.29 is 36.4 Å². The number of aromatic nitrogens is 2. The number of aromatic amines is 1. The predicted molar refractivity (Wildman–Crippen MR) is 119 cm³/mol. The zero-order chi connectivity index (χ0) is 25.8. The van der Waals surface area contributed by atoms with E-state index in [1.54, 1.807) is 30.3 Å². The van der Waals surface area contributed by atoms with E-state index in [4.69, 9.17) is 24.8 Å². The number of nitrogens with one attached hydrogen (secondary N) is 1. The number of H-pyrrole nitrogens is 1. The Morgan fingerprint density at radius 2 is 1.83 bits per heavy atom. The van der Waals surface area contributed by atoms with Crippen molar-refractivity contribution in [2.45, 2.75) is 44.1 Å². The van der Waals surface area contributed by atoms with Crippen LogP contribution in [-0.2, 0) is 43.9 Å². The van der Waals surface area contributed by atoms with Crippen molar-refractivity contribution in [1.82, 2.24) is 9.55 Å². The van der Waals surface area contributed by atoms with E-state index in [1.807, 2.05) is 4.98 Å². The molecule has 1 aromatic heterocycles. The molecule has 1 fully saturated rings. The number of carbonyl (C=O) groups excluding carboxylic acids is 2. The Labute approximate surface area is 199 Å². The smallest absolute Gasteiger partial charge is 0.330 e. The molecule has 2 heterocycles. The van der Waals surface area contributed by atoms with Crippen molar-refractivity contribution in [3.63, 3.8) is 0 Å². The van der Waals surface area contributed by atoms with Crippen LogP contribution < -0.4 is 11.2 Å². The fourth-order valence-electron chi connectivity index (χ4n) is 3.46. The van der Waals surface area contributed by atoms with Crippen LogP contribution in [-0.4, -0.2) is 54.8 Å². The third kappa shape index (κ3) is 6.44. The topological polar surface area (TPSA) is 160 Å². The summed E-state index contributed by atoms with van der Waals surface area (Å²) in [5, 5.41) is 0. The first-order valence-electron chi connectivity index (χ1n) is 10.2. The summed E-state index contributed by atoms with van der Waals surface area (Å²) in [5.74, 6) is 0.0700. The van der Waals surface area contributed by atoms with Gasteiger partial charge in [-0.1, -0.05) is 36.3 Å². The average Bonchev–Trinajstić information content (AvgIpc) is 3.08. The maximum absolute atomic E-state index is 12.9. The Balaban J connectivity index is 2.03. The van der Waals surface area contributed by atoms with E-state index in [9.17, 15) is 27.6 Å². The number of hydrogen-bond donors (Lipinski definition) is 1. The summed E-state index contributed by atoms with van der Waals surface area (Å²) < 4.78 is 48.0. The molecule has 35 heavy (non-hydrogen) atoms. The molecule has 13 heteroatoms. The van der Waals surface area contributed by atoms with Crippen molar-refractivity contribution in [2.75, 3.05) is 6.61 Å². The van der Waals surface area contributed by atoms with E-state index in [0.717, 1.165) is 24.6 Å². The molecular weight excluding hydrogens is 484 g/mol. The lowest BCUT2D eigenvalue weighted by atomic mass is 10.1. The van der Waals surface area contributed by atoms with Crippen LogP contribution in [0.3, 0.4) is 0 Å². The Morgan fingerprint density at radius 1 is 1.14 bits per heavy atom. The van der Waals surface area contributed by atoms with Gasteiger partial charge in [0.05, 0.1) is 0 Å². The van der Waals surface area contributed by atoms with Crippen LogP contribution in [0.15, 0.2) is 46.1 Å². The van der Waals surface area contributed by atoms with Gasteiger partial charge in [0.2, 0.25) is 0 Å². The van der Waals surface area contributed by atoms with Gasteiger partial charge >= 0.3 is 17.6 Å². The summed E-state index contributed by atoms with van der Waals surface area (Å²) >= 11 is 0. The number of nitrogens with zero attached hydrogens (tertiary/aromatic N) is 1. The van der Waals surface area contributed by atoms with Gasteiger partial charge in [0.15, 0.2) is 12.3 Å². The normalized spacial score (nSPS) is 21.7. The standard InChI is InChI=1S/C22H22N2O10S/c1-4-16-10-24(22(28)23-20(16)27)21-19(32-14(3)26)18(17(33-21)11-31-13(2)25)34-35(29,30)12-15-8-6-5-7-9-15/h1,5-10,17-19,21H,11-12H2,2-3H3,(H,23,27,28)/t17-,18+,19-,21-/m1/s1. The van der Waals surface area contributed by atoms with E-state index in [2.05, 4.69) is 5.92 Å². The summed E-state index contributed by atoms with van der Waals surface area (Å²) in [6, 6.07) is 8.17. The van der Waals surface area contributed by atoms with Crippen LogP contribution in [0.4, 0.5) is 0 Å². The Bertz CT molecular complexity index is 1360. The lowest BCUT2D eigenvalue weighted by Gasteiger charge is -2.24. The molecule has 0 aliphatic carbocycles. The van der Waals surface area contributed by atoms with Gasteiger partial charge in [0, 0.05) is 20.0 Å². The third-order valence-corrected chi connectivity index (χ3v) is 6.08. The van der Waals surface area contributed by atoms with Crippen LogP contribution >= 0.6 is 0 Å². The predicted octanol–water partition coefficient (Wildman–Crippen LogP) is -0.175. The highest BCUT2D eigenvalue weighted by atomic mass is 32.2. The molecular formula is C22H22N2O10S. The molecule has 0 bridgehead atoms. The second-order valence-corrected chi connectivity index (χ2v) is 9.14. The summed E-state index contributed by atoms with van der Waals surface area (Å²) in [6.45, 7) is 1.72. The minimum Gasteiger partial charge on any atom is -0.463 e. The van der Waals surface area contributed by atoms with Crippen LogP contribution in [0, 0.1) is 12.3 Å². The highest BCUT2D eigenvalue weighted by molar-refractivity contribution is 7.85. The van der Waals surface area contributed by atoms with Gasteiger partial charge in [-0.15, -0.1) is 6.42 Å². The molecule has 0 unspecified atom stereocenters. The number of esters is 2. The molecule has 1 aliphatic rings. The van der Waals surface area contributed by atoms with Crippen LogP contribution in [0.2, 0.25) is 0 Å². The number of carbonyl (C=O) groups is 2. The molecule has 186 valence electrons. The van der Waals surface area contributed by atoms with Gasteiger partial charge in [-0.3, -0.25) is 28.1 Å². The monoisotopic (exact) mass is 506 g/mol. The average molecular weight is 506 g/mol. The van der Waals surface area contributed by atoms with Gasteiger partial charge < -0.3 is 14.2 Å². The van der Waals surface area contributed by atoms with Gasteiger partial charge in [0.1, 0.15) is 30.1 Å². The number of rotatable bonds is 8. The molecule has 1 saturated heterocycles. The number of terminal acetylenes is 1. The largest absolute Gasteiger partial charge is 0.463 e. The number of benzene rings is 1. The molecule has 1 aromatic carbocycles. The summed E-state index contributed by atoms with van der Waals surface area (Å²) in [5.41, 5.74) is -1.59. The summed E-state index contributed by atoms with van der Waals surface area (Å²) in [7, 11) is -4.28. The lowest BCUT2D eigenvalue weighted by Crippen LogP contribution is -2.43. The SMILES string of the molecule is C#Cc1cn([C@@H]2O[C@H](COC(C)=O)[C@H](OS(=O)(=O)Cc3ccccc3)[C@H]2OC(C)=O)c(=O)[nH]c1=O. The van der Waals surface area contributed by atoms with Crippen molar-refractivity contribution in [3.05, 3.63) is 68.5 Å². The van der Waals surface area contributed by atoms with E-state index < -0.39 is 70.2 Å². The molecule has 12 nitrogen and oxygen atoms in total. The molecule has 0 amide bonds. The highest BCUT2D eigenvalue weighted by Gasteiger charge is 2.51. The second-order valence-electron chi connectivity index (χ2n) is 7.54. The molecule has 2 aromatic rings. The third-order valence-electron chi connectivity index (χ3n) is 4.88.